The molecule has 0 aromatic rings. The Bertz CT molecular complexity index is 237. The SMILES string of the molecule is CCOC(=O)C(F)C1(O)CCNCC1C. The van der Waals surface area contributed by atoms with Gasteiger partial charge in [0.1, 0.15) is 5.60 Å². The van der Waals surface area contributed by atoms with Crippen molar-refractivity contribution in [1.82, 2.24) is 5.32 Å². The van der Waals surface area contributed by atoms with Gasteiger partial charge in [0.2, 0.25) is 6.17 Å². The van der Waals surface area contributed by atoms with Crippen LogP contribution in [0.2, 0.25) is 0 Å². The van der Waals surface area contributed by atoms with Crippen LogP contribution in [-0.4, -0.2) is 42.5 Å². The smallest absolute Gasteiger partial charge is 0.343 e. The molecule has 3 unspecified atom stereocenters. The van der Waals surface area contributed by atoms with E-state index in [4.69, 9.17) is 0 Å². The van der Waals surface area contributed by atoms with Crippen molar-refractivity contribution in [2.75, 3.05) is 19.7 Å². The van der Waals surface area contributed by atoms with E-state index in [0.717, 1.165) is 0 Å². The first-order chi connectivity index (χ1) is 7.02. The molecular weight excluding hydrogens is 201 g/mol. The summed E-state index contributed by atoms with van der Waals surface area (Å²) in [4.78, 5) is 11.2. The highest BCUT2D eigenvalue weighted by molar-refractivity contribution is 5.76. The Morgan fingerprint density at radius 3 is 3.00 bits per heavy atom. The van der Waals surface area contributed by atoms with Gasteiger partial charge in [-0.3, -0.25) is 0 Å². The minimum absolute atomic E-state index is 0.127. The summed E-state index contributed by atoms with van der Waals surface area (Å²) in [6.07, 6.45) is -1.72. The minimum atomic E-state index is -1.95. The molecule has 1 aliphatic rings. The zero-order valence-electron chi connectivity index (χ0n) is 9.12. The number of piperidine rings is 1. The normalized spacial score (nSPS) is 33.5. The molecule has 1 saturated heterocycles. The molecule has 1 rings (SSSR count). The van der Waals surface area contributed by atoms with Crippen molar-refractivity contribution in [3.63, 3.8) is 0 Å². The monoisotopic (exact) mass is 219 g/mol. The summed E-state index contributed by atoms with van der Waals surface area (Å²) in [5.41, 5.74) is -1.59. The first kappa shape index (κ1) is 12.4. The van der Waals surface area contributed by atoms with Crippen molar-refractivity contribution >= 4 is 5.97 Å². The fourth-order valence-corrected chi connectivity index (χ4v) is 1.83. The number of carbonyl (C=O) groups is 1. The molecule has 0 spiro atoms. The van der Waals surface area contributed by atoms with Gasteiger partial charge in [-0.05, 0) is 19.9 Å². The molecule has 1 heterocycles. The first-order valence-corrected chi connectivity index (χ1v) is 5.26. The first-order valence-electron chi connectivity index (χ1n) is 5.26. The van der Waals surface area contributed by atoms with E-state index in [-0.39, 0.29) is 18.9 Å². The van der Waals surface area contributed by atoms with Crippen molar-refractivity contribution in [3.05, 3.63) is 0 Å². The van der Waals surface area contributed by atoms with Crippen LogP contribution < -0.4 is 5.32 Å². The van der Waals surface area contributed by atoms with E-state index in [9.17, 15) is 14.3 Å². The van der Waals surface area contributed by atoms with Gasteiger partial charge >= 0.3 is 5.97 Å². The Labute approximate surface area is 88.8 Å². The topological polar surface area (TPSA) is 58.6 Å². The number of hydrogen-bond acceptors (Lipinski definition) is 4. The number of esters is 1. The Morgan fingerprint density at radius 1 is 1.80 bits per heavy atom. The number of halogens is 1. The lowest BCUT2D eigenvalue weighted by atomic mass is 9.79. The van der Waals surface area contributed by atoms with Gasteiger partial charge in [-0.1, -0.05) is 6.92 Å². The molecule has 3 atom stereocenters. The number of hydrogen-bond donors (Lipinski definition) is 2. The number of rotatable bonds is 3. The zero-order chi connectivity index (χ0) is 11.5. The summed E-state index contributed by atoms with van der Waals surface area (Å²) in [6.45, 7) is 4.48. The van der Waals surface area contributed by atoms with E-state index in [1.807, 2.05) is 0 Å². The molecule has 88 valence electrons. The van der Waals surface area contributed by atoms with E-state index >= 15 is 0 Å². The molecule has 0 bridgehead atoms. The quantitative estimate of drug-likeness (QED) is 0.668. The highest BCUT2D eigenvalue weighted by atomic mass is 19.1. The summed E-state index contributed by atoms with van der Waals surface area (Å²) in [5.74, 6) is -1.26. The second-order valence-electron chi connectivity index (χ2n) is 3.96. The van der Waals surface area contributed by atoms with Crippen LogP contribution in [0.4, 0.5) is 4.39 Å². The number of aliphatic hydroxyl groups is 1. The predicted octanol–water partition coefficient (Wildman–Crippen LogP) is 0.248. The van der Waals surface area contributed by atoms with Crippen molar-refractivity contribution in [1.29, 1.82) is 0 Å². The van der Waals surface area contributed by atoms with Crippen LogP contribution >= 0.6 is 0 Å². The van der Waals surface area contributed by atoms with Crippen LogP contribution in [0.3, 0.4) is 0 Å². The van der Waals surface area contributed by atoms with Crippen LogP contribution in [0.5, 0.6) is 0 Å². The molecule has 2 N–H and O–H groups in total. The van der Waals surface area contributed by atoms with E-state index in [1.165, 1.54) is 0 Å². The molecule has 5 heteroatoms. The lowest BCUT2D eigenvalue weighted by Crippen LogP contribution is -2.57. The van der Waals surface area contributed by atoms with Gasteiger partial charge in [0, 0.05) is 12.5 Å². The van der Waals surface area contributed by atoms with Gasteiger partial charge in [0.15, 0.2) is 0 Å². The second-order valence-corrected chi connectivity index (χ2v) is 3.96. The van der Waals surface area contributed by atoms with Crippen LogP contribution in [0.15, 0.2) is 0 Å². The summed E-state index contributed by atoms with van der Waals surface area (Å²) >= 11 is 0. The maximum absolute atomic E-state index is 13.8. The predicted molar refractivity (Wildman–Crippen MR) is 53.1 cm³/mol. The highest BCUT2D eigenvalue weighted by Crippen LogP contribution is 2.30. The van der Waals surface area contributed by atoms with Gasteiger partial charge < -0.3 is 15.2 Å². The van der Waals surface area contributed by atoms with Gasteiger partial charge in [-0.25, -0.2) is 9.18 Å². The van der Waals surface area contributed by atoms with Crippen molar-refractivity contribution in [2.45, 2.75) is 32.0 Å². The third-order valence-corrected chi connectivity index (χ3v) is 2.94. The Hall–Kier alpha value is -0.680. The van der Waals surface area contributed by atoms with E-state index in [1.54, 1.807) is 13.8 Å². The molecule has 0 saturated carbocycles. The highest BCUT2D eigenvalue weighted by Gasteiger charge is 2.48. The summed E-state index contributed by atoms with van der Waals surface area (Å²) in [6, 6.07) is 0. The van der Waals surface area contributed by atoms with Gasteiger partial charge in [0.05, 0.1) is 6.61 Å². The summed E-state index contributed by atoms with van der Waals surface area (Å²) < 4.78 is 18.3. The third-order valence-electron chi connectivity index (χ3n) is 2.94. The van der Waals surface area contributed by atoms with Gasteiger partial charge in [0.25, 0.3) is 0 Å². The minimum Gasteiger partial charge on any atom is -0.464 e. The zero-order valence-corrected chi connectivity index (χ0v) is 9.12. The summed E-state index contributed by atoms with van der Waals surface area (Å²) in [5, 5.41) is 13.1. The average molecular weight is 219 g/mol. The lowest BCUT2D eigenvalue weighted by molar-refractivity contribution is -0.168. The standard InChI is InChI=1S/C10H18FNO3/c1-3-15-9(13)8(11)10(14)4-5-12-6-7(10)2/h7-8,12,14H,3-6H2,1-2H3. The van der Waals surface area contributed by atoms with Gasteiger partial charge in [-0.2, -0.15) is 0 Å². The Kier molecular flexibility index (Phi) is 4.04. The molecule has 0 radical (unpaired) electrons. The molecule has 1 fully saturated rings. The maximum Gasteiger partial charge on any atom is 0.343 e. The van der Waals surface area contributed by atoms with Crippen LogP contribution in [-0.2, 0) is 9.53 Å². The van der Waals surface area contributed by atoms with Crippen molar-refractivity contribution in [2.24, 2.45) is 5.92 Å². The lowest BCUT2D eigenvalue weighted by Gasteiger charge is -2.39. The summed E-state index contributed by atoms with van der Waals surface area (Å²) in [7, 11) is 0. The van der Waals surface area contributed by atoms with Crippen molar-refractivity contribution in [3.8, 4) is 0 Å². The van der Waals surface area contributed by atoms with E-state index in [2.05, 4.69) is 10.1 Å². The molecule has 15 heavy (non-hydrogen) atoms. The molecule has 4 nitrogen and oxygen atoms in total. The average Bonchev–Trinajstić information content (AvgIpc) is 2.22. The largest absolute Gasteiger partial charge is 0.464 e. The second kappa shape index (κ2) is 4.90. The molecule has 0 aromatic carbocycles. The number of alkyl halides is 1. The van der Waals surface area contributed by atoms with Gasteiger partial charge in [-0.15, -0.1) is 0 Å². The molecule has 0 aromatic heterocycles. The van der Waals surface area contributed by atoms with E-state index in [0.29, 0.717) is 13.1 Å². The van der Waals surface area contributed by atoms with Crippen LogP contribution in [0.1, 0.15) is 20.3 Å². The fourth-order valence-electron chi connectivity index (χ4n) is 1.83. The van der Waals surface area contributed by atoms with E-state index < -0.39 is 17.7 Å². The molecule has 0 amide bonds. The third kappa shape index (κ3) is 2.46. The Balaban J connectivity index is 2.69. The molecular formula is C10H18FNO3. The maximum atomic E-state index is 13.8. The van der Waals surface area contributed by atoms with Crippen LogP contribution in [0, 0.1) is 5.92 Å². The fraction of sp³-hybridized carbons (Fsp3) is 0.900. The Morgan fingerprint density at radius 2 is 2.47 bits per heavy atom. The number of ether oxygens (including phenoxy) is 1. The molecule has 1 aliphatic heterocycles. The van der Waals surface area contributed by atoms with Crippen molar-refractivity contribution < 1.29 is 19.0 Å². The van der Waals surface area contributed by atoms with Crippen LogP contribution in [0.25, 0.3) is 0 Å². The molecule has 0 aliphatic carbocycles. The number of carbonyl (C=O) groups excluding carboxylic acids is 1. The number of nitrogens with one attached hydrogen (secondary N) is 1.